The van der Waals surface area contributed by atoms with Gasteiger partial charge in [0.25, 0.3) is 0 Å². The maximum atomic E-state index is 13.2. The van der Waals surface area contributed by atoms with Crippen LogP contribution in [0.2, 0.25) is 0 Å². The van der Waals surface area contributed by atoms with Gasteiger partial charge >= 0.3 is 12.6 Å². The van der Waals surface area contributed by atoms with Crippen molar-refractivity contribution < 1.29 is 31.8 Å². The van der Waals surface area contributed by atoms with Gasteiger partial charge in [-0.3, -0.25) is 0 Å². The lowest BCUT2D eigenvalue weighted by molar-refractivity contribution is -0.129. The summed E-state index contributed by atoms with van der Waals surface area (Å²) in [7, 11) is 0. The van der Waals surface area contributed by atoms with Gasteiger partial charge in [0, 0.05) is 0 Å². The van der Waals surface area contributed by atoms with Crippen molar-refractivity contribution in [1.82, 2.24) is 0 Å². The Morgan fingerprint density at radius 2 is 1.84 bits per heavy atom. The SMILES string of the molecule is O=C1OC(c2ccccc2OC(F)F)=N/C1=C/c1ccc(F)c(F)c1. The molecule has 25 heavy (non-hydrogen) atoms. The number of carbonyl (C=O) groups is 1. The summed E-state index contributed by atoms with van der Waals surface area (Å²) in [5.74, 6) is -3.40. The second-order valence-electron chi connectivity index (χ2n) is 4.88. The first kappa shape index (κ1) is 16.7. The second kappa shape index (κ2) is 6.76. The van der Waals surface area contributed by atoms with Gasteiger partial charge in [-0.15, -0.1) is 0 Å². The van der Waals surface area contributed by atoms with E-state index < -0.39 is 24.2 Å². The summed E-state index contributed by atoms with van der Waals surface area (Å²) >= 11 is 0. The van der Waals surface area contributed by atoms with Crippen LogP contribution in [0.5, 0.6) is 5.75 Å². The van der Waals surface area contributed by atoms with Crippen LogP contribution in [0.4, 0.5) is 17.6 Å². The van der Waals surface area contributed by atoms with Gasteiger partial charge in [-0.25, -0.2) is 18.6 Å². The summed E-state index contributed by atoms with van der Waals surface area (Å²) in [6, 6.07) is 8.70. The third kappa shape index (κ3) is 3.68. The Bertz CT molecular complexity index is 893. The highest BCUT2D eigenvalue weighted by molar-refractivity contribution is 6.13. The molecule has 1 aliphatic rings. The highest BCUT2D eigenvalue weighted by atomic mass is 19.3. The molecule has 0 fully saturated rings. The third-order valence-corrected chi connectivity index (χ3v) is 3.20. The predicted octanol–water partition coefficient (Wildman–Crippen LogP) is 3.91. The molecule has 2 aromatic rings. The van der Waals surface area contributed by atoms with Gasteiger partial charge in [0.05, 0.1) is 5.56 Å². The maximum absolute atomic E-state index is 13.2. The Morgan fingerprint density at radius 3 is 2.56 bits per heavy atom. The van der Waals surface area contributed by atoms with Crippen LogP contribution < -0.4 is 4.74 Å². The number of benzene rings is 2. The van der Waals surface area contributed by atoms with Gasteiger partial charge in [0.2, 0.25) is 5.90 Å². The molecule has 128 valence electrons. The molecular weight excluding hydrogens is 342 g/mol. The van der Waals surface area contributed by atoms with Gasteiger partial charge in [0.1, 0.15) is 5.75 Å². The molecule has 0 atom stereocenters. The number of hydrogen-bond donors (Lipinski definition) is 0. The molecule has 4 nitrogen and oxygen atoms in total. The molecule has 1 aliphatic heterocycles. The summed E-state index contributed by atoms with van der Waals surface area (Å²) in [4.78, 5) is 15.8. The fourth-order valence-electron chi connectivity index (χ4n) is 2.13. The van der Waals surface area contributed by atoms with Crippen LogP contribution in [-0.2, 0) is 9.53 Å². The van der Waals surface area contributed by atoms with Crippen LogP contribution >= 0.6 is 0 Å². The molecular formula is C17H9F4NO3. The number of ether oxygens (including phenoxy) is 2. The summed E-state index contributed by atoms with van der Waals surface area (Å²) in [6.07, 6.45) is 1.19. The zero-order chi connectivity index (χ0) is 18.0. The summed E-state index contributed by atoms with van der Waals surface area (Å²) in [5.41, 5.74) is 0.0608. The van der Waals surface area contributed by atoms with Crippen molar-refractivity contribution >= 4 is 17.9 Å². The van der Waals surface area contributed by atoms with Crippen LogP contribution in [0.3, 0.4) is 0 Å². The molecule has 0 amide bonds. The third-order valence-electron chi connectivity index (χ3n) is 3.20. The number of alkyl halides is 2. The Balaban J connectivity index is 1.95. The lowest BCUT2D eigenvalue weighted by Gasteiger charge is -2.08. The molecule has 0 bridgehead atoms. The molecule has 0 unspecified atom stereocenters. The summed E-state index contributed by atoms with van der Waals surface area (Å²) < 4.78 is 60.4. The van der Waals surface area contributed by atoms with Gasteiger partial charge in [-0.1, -0.05) is 18.2 Å². The second-order valence-corrected chi connectivity index (χ2v) is 4.88. The Labute approximate surface area is 139 Å². The average Bonchev–Trinajstić information content (AvgIpc) is 2.91. The van der Waals surface area contributed by atoms with E-state index in [1.165, 1.54) is 36.4 Å². The predicted molar refractivity (Wildman–Crippen MR) is 80.0 cm³/mol. The normalized spacial score (nSPS) is 15.5. The minimum absolute atomic E-state index is 0.0600. The van der Waals surface area contributed by atoms with Crippen molar-refractivity contribution in [1.29, 1.82) is 0 Å². The number of halogens is 4. The highest BCUT2D eigenvalue weighted by Crippen LogP contribution is 2.26. The Morgan fingerprint density at radius 1 is 1.08 bits per heavy atom. The minimum Gasteiger partial charge on any atom is -0.434 e. The Hall–Kier alpha value is -3.16. The highest BCUT2D eigenvalue weighted by Gasteiger charge is 2.27. The van der Waals surface area contributed by atoms with E-state index in [-0.39, 0.29) is 28.5 Å². The van der Waals surface area contributed by atoms with E-state index >= 15 is 0 Å². The van der Waals surface area contributed by atoms with Crippen molar-refractivity contribution in [2.24, 2.45) is 4.99 Å². The average molecular weight is 351 g/mol. The number of cyclic esters (lactones) is 1. The van der Waals surface area contributed by atoms with Gasteiger partial charge < -0.3 is 9.47 Å². The molecule has 1 heterocycles. The van der Waals surface area contributed by atoms with Crippen molar-refractivity contribution in [3.8, 4) is 5.75 Å². The lowest BCUT2D eigenvalue weighted by atomic mass is 10.2. The number of rotatable bonds is 4. The first-order valence-electron chi connectivity index (χ1n) is 6.96. The van der Waals surface area contributed by atoms with Gasteiger partial charge in [-0.2, -0.15) is 8.78 Å². The summed E-state index contributed by atoms with van der Waals surface area (Å²) in [6.45, 7) is -3.06. The van der Waals surface area contributed by atoms with E-state index in [1.54, 1.807) is 0 Å². The van der Waals surface area contributed by atoms with Crippen molar-refractivity contribution in [3.63, 3.8) is 0 Å². The van der Waals surface area contributed by atoms with E-state index in [9.17, 15) is 22.4 Å². The molecule has 0 saturated heterocycles. The molecule has 0 spiro atoms. The fourth-order valence-corrected chi connectivity index (χ4v) is 2.13. The number of esters is 1. The molecule has 0 aliphatic carbocycles. The topological polar surface area (TPSA) is 47.9 Å². The monoisotopic (exact) mass is 351 g/mol. The molecule has 8 heteroatoms. The standard InChI is InChI=1S/C17H9F4NO3/c18-11-6-5-9(7-12(11)19)8-13-16(23)25-15(22-13)10-3-1-2-4-14(10)24-17(20)21/h1-8,17H/b13-8+. The molecule has 0 N–H and O–H groups in total. The van der Waals surface area contributed by atoms with Crippen LogP contribution in [0.15, 0.2) is 53.2 Å². The van der Waals surface area contributed by atoms with E-state index in [1.807, 2.05) is 0 Å². The smallest absolute Gasteiger partial charge is 0.387 e. The fraction of sp³-hybridized carbons (Fsp3) is 0.0588. The number of carbonyl (C=O) groups excluding carboxylic acids is 1. The molecule has 3 rings (SSSR count). The van der Waals surface area contributed by atoms with Crippen LogP contribution in [0.1, 0.15) is 11.1 Å². The van der Waals surface area contributed by atoms with Crippen LogP contribution in [-0.4, -0.2) is 18.5 Å². The maximum Gasteiger partial charge on any atom is 0.387 e. The van der Waals surface area contributed by atoms with Gasteiger partial charge in [-0.05, 0) is 35.9 Å². The first-order chi connectivity index (χ1) is 11.9. The van der Waals surface area contributed by atoms with Crippen molar-refractivity contribution in [2.45, 2.75) is 6.61 Å². The van der Waals surface area contributed by atoms with Gasteiger partial charge in [0.15, 0.2) is 17.3 Å². The van der Waals surface area contributed by atoms with E-state index in [0.29, 0.717) is 0 Å². The van der Waals surface area contributed by atoms with E-state index in [2.05, 4.69) is 9.73 Å². The number of para-hydroxylation sites is 1. The van der Waals surface area contributed by atoms with Crippen molar-refractivity contribution in [2.75, 3.05) is 0 Å². The number of nitrogens with zero attached hydrogens (tertiary/aromatic N) is 1. The van der Waals surface area contributed by atoms with E-state index in [4.69, 9.17) is 4.74 Å². The lowest BCUT2D eigenvalue weighted by Crippen LogP contribution is -2.10. The zero-order valence-corrected chi connectivity index (χ0v) is 12.4. The molecule has 2 aromatic carbocycles. The first-order valence-corrected chi connectivity index (χ1v) is 6.96. The Kier molecular flexibility index (Phi) is 4.51. The molecule has 0 radical (unpaired) electrons. The van der Waals surface area contributed by atoms with Crippen molar-refractivity contribution in [3.05, 3.63) is 70.9 Å². The molecule has 0 saturated carbocycles. The number of aliphatic imine (C=N–C) groups is 1. The zero-order valence-electron chi connectivity index (χ0n) is 12.4. The summed E-state index contributed by atoms with van der Waals surface area (Å²) in [5, 5.41) is 0. The number of hydrogen-bond acceptors (Lipinski definition) is 4. The minimum atomic E-state index is -3.06. The van der Waals surface area contributed by atoms with E-state index in [0.717, 1.165) is 12.1 Å². The molecule has 0 aromatic heterocycles. The quantitative estimate of drug-likeness (QED) is 0.477. The van der Waals surface area contributed by atoms with Crippen LogP contribution in [0, 0.1) is 11.6 Å². The van der Waals surface area contributed by atoms with Crippen LogP contribution in [0.25, 0.3) is 6.08 Å². The largest absolute Gasteiger partial charge is 0.434 e.